The molecule has 0 bridgehead atoms. The molecule has 2 aromatic rings. The first-order valence-electron chi connectivity index (χ1n) is 8.13. The quantitative estimate of drug-likeness (QED) is 0.484. The van der Waals surface area contributed by atoms with Crippen LogP contribution in [0.5, 0.6) is 17.2 Å². The van der Waals surface area contributed by atoms with Gasteiger partial charge >= 0.3 is 0 Å². The zero-order chi connectivity index (χ0) is 19.8. The fourth-order valence-electron chi connectivity index (χ4n) is 2.89. The van der Waals surface area contributed by atoms with Gasteiger partial charge in [0.25, 0.3) is 11.8 Å². The molecule has 4 rings (SSSR count). The van der Waals surface area contributed by atoms with Crippen LogP contribution in [-0.4, -0.2) is 30.8 Å². The van der Waals surface area contributed by atoms with Crippen molar-refractivity contribution in [1.29, 1.82) is 0 Å². The number of hydrogen-bond donors (Lipinski definition) is 1. The number of ether oxygens (including phenoxy) is 3. The Balaban J connectivity index is 1.79. The fraction of sp³-hybridized carbons (Fsp3) is 0.105. The average Bonchev–Trinajstić information content (AvgIpc) is 3.13. The summed E-state index contributed by atoms with van der Waals surface area (Å²) in [5, 5.41) is 2.21. The number of anilines is 1. The summed E-state index contributed by atoms with van der Waals surface area (Å²) in [5.41, 5.74) is 0.140. The number of rotatable bonds is 3. The lowest BCUT2D eigenvalue weighted by Gasteiger charge is -2.29. The monoisotopic (exact) mass is 400 g/mol. The Morgan fingerprint density at radius 3 is 2.64 bits per heavy atom. The predicted molar refractivity (Wildman–Crippen MR) is 102 cm³/mol. The van der Waals surface area contributed by atoms with Crippen molar-refractivity contribution in [3.05, 3.63) is 53.4 Å². The summed E-state index contributed by atoms with van der Waals surface area (Å²) in [4.78, 5) is 26.3. The minimum absolute atomic E-state index is 0.0546. The van der Waals surface area contributed by atoms with E-state index < -0.39 is 17.6 Å². The lowest BCUT2D eigenvalue weighted by molar-refractivity contribution is -0.122. The first kappa shape index (κ1) is 17.9. The van der Waals surface area contributed by atoms with Crippen LogP contribution in [0.25, 0.3) is 6.08 Å². The number of para-hydroxylation sites is 1. The van der Waals surface area contributed by atoms with E-state index in [1.54, 1.807) is 18.2 Å². The van der Waals surface area contributed by atoms with E-state index in [-0.39, 0.29) is 23.2 Å². The van der Waals surface area contributed by atoms with E-state index in [2.05, 4.69) is 5.32 Å². The van der Waals surface area contributed by atoms with Crippen molar-refractivity contribution < 1.29 is 28.2 Å². The second-order valence-electron chi connectivity index (χ2n) is 5.86. The smallest absolute Gasteiger partial charge is 0.270 e. The van der Waals surface area contributed by atoms with E-state index in [0.717, 1.165) is 4.90 Å². The number of amides is 2. The number of benzene rings is 2. The third-order valence-electron chi connectivity index (χ3n) is 4.22. The Morgan fingerprint density at radius 2 is 1.93 bits per heavy atom. The van der Waals surface area contributed by atoms with Gasteiger partial charge in [0.15, 0.2) is 16.6 Å². The van der Waals surface area contributed by atoms with Crippen LogP contribution in [0.2, 0.25) is 0 Å². The molecule has 1 fully saturated rings. The highest BCUT2D eigenvalue weighted by atomic mass is 32.1. The number of hydrogen-bond acceptors (Lipinski definition) is 6. The van der Waals surface area contributed by atoms with Gasteiger partial charge in [-0.3, -0.25) is 14.9 Å². The number of carbonyl (C=O) groups is 2. The van der Waals surface area contributed by atoms with Crippen molar-refractivity contribution >= 4 is 40.9 Å². The molecule has 0 radical (unpaired) electrons. The maximum atomic E-state index is 14.2. The van der Waals surface area contributed by atoms with Gasteiger partial charge in [-0.05, 0) is 36.5 Å². The molecule has 7 nitrogen and oxygen atoms in total. The zero-order valence-corrected chi connectivity index (χ0v) is 15.3. The predicted octanol–water partition coefficient (Wildman–Crippen LogP) is 2.39. The molecule has 142 valence electrons. The van der Waals surface area contributed by atoms with Crippen LogP contribution in [0.4, 0.5) is 10.1 Å². The minimum Gasteiger partial charge on any atom is -0.496 e. The summed E-state index contributed by atoms with van der Waals surface area (Å²) >= 11 is 5.07. The standard InChI is InChI=1S/C19H13FN2O5S/c1-25-14-8-16-15(26-9-27-16)7-10(14)6-11-17(23)21-19(28)22(18(11)24)13-5-3-2-4-12(13)20/h2-8H,9H2,1H3,(H,21,23,28)/b11-6-. The average molecular weight is 400 g/mol. The molecule has 28 heavy (non-hydrogen) atoms. The van der Waals surface area contributed by atoms with Crippen molar-refractivity contribution in [2.45, 2.75) is 0 Å². The molecule has 0 unspecified atom stereocenters. The van der Waals surface area contributed by atoms with Gasteiger partial charge in [-0.2, -0.15) is 0 Å². The van der Waals surface area contributed by atoms with Gasteiger partial charge in [-0.1, -0.05) is 12.1 Å². The first-order chi connectivity index (χ1) is 13.5. The summed E-state index contributed by atoms with van der Waals surface area (Å²) in [6, 6.07) is 8.84. The van der Waals surface area contributed by atoms with Crippen molar-refractivity contribution in [3.63, 3.8) is 0 Å². The van der Waals surface area contributed by atoms with Crippen molar-refractivity contribution in [2.75, 3.05) is 18.8 Å². The molecule has 0 aromatic heterocycles. The van der Waals surface area contributed by atoms with Crippen LogP contribution in [0.3, 0.4) is 0 Å². The molecule has 2 heterocycles. The summed E-state index contributed by atoms with van der Waals surface area (Å²) in [6.07, 6.45) is 1.34. The van der Waals surface area contributed by atoms with Gasteiger partial charge in [0.2, 0.25) is 6.79 Å². The molecule has 9 heteroatoms. The Hall–Kier alpha value is -3.46. The molecule has 0 spiro atoms. The lowest BCUT2D eigenvalue weighted by Crippen LogP contribution is -2.54. The third kappa shape index (κ3) is 2.95. The normalized spacial score (nSPS) is 17.1. The molecular weight excluding hydrogens is 387 g/mol. The summed E-state index contributed by atoms with van der Waals surface area (Å²) in [7, 11) is 1.45. The van der Waals surface area contributed by atoms with Gasteiger partial charge in [0.05, 0.1) is 12.8 Å². The fourth-order valence-corrected chi connectivity index (χ4v) is 3.17. The van der Waals surface area contributed by atoms with E-state index in [0.29, 0.717) is 22.8 Å². The number of methoxy groups -OCH3 is 1. The Kier molecular flexibility index (Phi) is 4.44. The Bertz CT molecular complexity index is 1050. The largest absolute Gasteiger partial charge is 0.496 e. The maximum absolute atomic E-state index is 14.2. The molecule has 2 amide bonds. The van der Waals surface area contributed by atoms with E-state index in [1.807, 2.05) is 0 Å². The number of nitrogens with one attached hydrogen (secondary N) is 1. The molecule has 0 atom stereocenters. The summed E-state index contributed by atoms with van der Waals surface area (Å²) in [6.45, 7) is 0.0628. The van der Waals surface area contributed by atoms with Gasteiger partial charge in [0, 0.05) is 11.6 Å². The van der Waals surface area contributed by atoms with Crippen molar-refractivity contribution in [3.8, 4) is 17.2 Å². The van der Waals surface area contributed by atoms with Crippen LogP contribution < -0.4 is 24.4 Å². The highest BCUT2D eigenvalue weighted by Gasteiger charge is 2.36. The molecular formula is C19H13FN2O5S. The highest BCUT2D eigenvalue weighted by molar-refractivity contribution is 7.80. The number of carbonyl (C=O) groups excluding carboxylic acids is 2. The van der Waals surface area contributed by atoms with Crippen molar-refractivity contribution in [2.24, 2.45) is 0 Å². The number of fused-ring (bicyclic) bond motifs is 1. The minimum atomic E-state index is -0.751. The number of halogens is 1. The van der Waals surface area contributed by atoms with E-state index in [1.165, 1.54) is 31.4 Å². The van der Waals surface area contributed by atoms with E-state index in [9.17, 15) is 14.0 Å². The van der Waals surface area contributed by atoms with Crippen LogP contribution in [0.15, 0.2) is 42.0 Å². The first-order valence-corrected chi connectivity index (χ1v) is 8.54. The topological polar surface area (TPSA) is 77.1 Å². The zero-order valence-electron chi connectivity index (χ0n) is 14.5. The Labute approximate surface area is 164 Å². The molecule has 2 aromatic carbocycles. The van der Waals surface area contributed by atoms with Crippen LogP contribution in [0.1, 0.15) is 5.56 Å². The lowest BCUT2D eigenvalue weighted by atomic mass is 10.1. The van der Waals surface area contributed by atoms with Gasteiger partial charge in [-0.15, -0.1) is 0 Å². The van der Waals surface area contributed by atoms with Crippen LogP contribution in [0, 0.1) is 5.82 Å². The molecule has 1 saturated heterocycles. The van der Waals surface area contributed by atoms with Gasteiger partial charge in [-0.25, -0.2) is 9.29 Å². The molecule has 2 aliphatic rings. The molecule has 0 saturated carbocycles. The van der Waals surface area contributed by atoms with E-state index >= 15 is 0 Å². The van der Waals surface area contributed by atoms with Gasteiger partial charge in [0.1, 0.15) is 17.1 Å². The highest BCUT2D eigenvalue weighted by Crippen LogP contribution is 2.39. The van der Waals surface area contributed by atoms with E-state index in [4.69, 9.17) is 26.4 Å². The van der Waals surface area contributed by atoms with Crippen LogP contribution in [-0.2, 0) is 9.59 Å². The second-order valence-corrected chi connectivity index (χ2v) is 6.24. The van der Waals surface area contributed by atoms with Crippen LogP contribution >= 0.6 is 12.2 Å². The number of thiocarbonyl (C=S) groups is 1. The SMILES string of the molecule is COc1cc2c(cc1/C=C1/C(=O)NC(=S)N(c3ccccc3F)C1=O)OCO2. The Morgan fingerprint density at radius 1 is 1.21 bits per heavy atom. The summed E-state index contributed by atoms with van der Waals surface area (Å²) < 4.78 is 30.1. The number of nitrogens with zero attached hydrogens (tertiary/aromatic N) is 1. The molecule has 0 aliphatic carbocycles. The summed E-state index contributed by atoms with van der Waals surface area (Å²) in [5.74, 6) is -0.761. The molecule has 2 aliphatic heterocycles. The second kappa shape index (κ2) is 6.93. The van der Waals surface area contributed by atoms with Gasteiger partial charge < -0.3 is 14.2 Å². The molecule has 1 N–H and O–H groups in total. The van der Waals surface area contributed by atoms with Crippen molar-refractivity contribution in [1.82, 2.24) is 5.32 Å². The maximum Gasteiger partial charge on any atom is 0.270 e. The third-order valence-corrected chi connectivity index (χ3v) is 4.50.